The molecule has 0 aliphatic heterocycles. The van der Waals surface area contributed by atoms with Crippen molar-refractivity contribution in [1.29, 1.82) is 0 Å². The summed E-state index contributed by atoms with van der Waals surface area (Å²) in [6, 6.07) is 11.7. The van der Waals surface area contributed by atoms with Crippen molar-refractivity contribution >= 4 is 5.78 Å². The highest BCUT2D eigenvalue weighted by Gasteiger charge is 2.11. The predicted molar refractivity (Wildman–Crippen MR) is 79.5 cm³/mol. The first kappa shape index (κ1) is 12.5. The molecular formula is C15H12N6O. The van der Waals surface area contributed by atoms with E-state index >= 15 is 0 Å². The van der Waals surface area contributed by atoms with Crippen LogP contribution < -0.4 is 4.74 Å². The third kappa shape index (κ3) is 2.18. The summed E-state index contributed by atoms with van der Waals surface area (Å²) >= 11 is 0. The Labute approximate surface area is 125 Å². The van der Waals surface area contributed by atoms with Gasteiger partial charge in [0.25, 0.3) is 5.78 Å². The van der Waals surface area contributed by atoms with Gasteiger partial charge in [0.05, 0.1) is 18.1 Å². The lowest BCUT2D eigenvalue weighted by Gasteiger charge is -2.07. The van der Waals surface area contributed by atoms with E-state index in [1.54, 1.807) is 21.6 Å². The lowest BCUT2D eigenvalue weighted by atomic mass is 10.1. The SMILES string of the molecule is Cn1cc(Oc2cc(-c3ccccc3)nc3ncnn23)cn1. The molecule has 0 spiro atoms. The molecule has 108 valence electrons. The van der Waals surface area contributed by atoms with Crippen LogP contribution in [0, 0.1) is 0 Å². The molecule has 7 heteroatoms. The maximum atomic E-state index is 5.87. The Bertz CT molecular complexity index is 928. The molecule has 3 aromatic heterocycles. The van der Waals surface area contributed by atoms with Crippen LogP contribution in [0.4, 0.5) is 0 Å². The molecule has 0 saturated carbocycles. The lowest BCUT2D eigenvalue weighted by molar-refractivity contribution is 0.446. The first-order valence-corrected chi connectivity index (χ1v) is 6.72. The van der Waals surface area contributed by atoms with Crippen molar-refractivity contribution in [2.45, 2.75) is 0 Å². The van der Waals surface area contributed by atoms with Crippen LogP contribution in [-0.4, -0.2) is 29.4 Å². The van der Waals surface area contributed by atoms with Gasteiger partial charge in [-0.25, -0.2) is 4.98 Å². The first-order valence-electron chi connectivity index (χ1n) is 6.72. The zero-order valence-electron chi connectivity index (χ0n) is 11.8. The summed E-state index contributed by atoms with van der Waals surface area (Å²) < 4.78 is 9.10. The third-order valence-corrected chi connectivity index (χ3v) is 3.19. The van der Waals surface area contributed by atoms with Gasteiger partial charge in [0.1, 0.15) is 6.33 Å². The molecule has 22 heavy (non-hydrogen) atoms. The molecule has 0 radical (unpaired) electrons. The van der Waals surface area contributed by atoms with Crippen LogP contribution in [0.2, 0.25) is 0 Å². The summed E-state index contributed by atoms with van der Waals surface area (Å²) in [5, 5.41) is 8.24. The number of nitrogens with zero attached hydrogens (tertiary/aromatic N) is 6. The molecule has 7 nitrogen and oxygen atoms in total. The predicted octanol–water partition coefficient (Wildman–Crippen LogP) is 2.32. The van der Waals surface area contributed by atoms with Crippen LogP contribution in [0.25, 0.3) is 17.0 Å². The molecule has 0 amide bonds. The Hall–Kier alpha value is -3.22. The minimum atomic E-state index is 0.486. The molecule has 0 aliphatic rings. The van der Waals surface area contributed by atoms with Crippen molar-refractivity contribution in [2.24, 2.45) is 7.05 Å². The molecule has 0 aliphatic carbocycles. The number of hydrogen-bond donors (Lipinski definition) is 0. The highest BCUT2D eigenvalue weighted by Crippen LogP contribution is 2.26. The van der Waals surface area contributed by atoms with E-state index in [-0.39, 0.29) is 0 Å². The Morgan fingerprint density at radius 3 is 2.73 bits per heavy atom. The van der Waals surface area contributed by atoms with Gasteiger partial charge < -0.3 is 4.74 Å². The summed E-state index contributed by atoms with van der Waals surface area (Å²) in [6.45, 7) is 0. The van der Waals surface area contributed by atoms with E-state index in [1.807, 2.05) is 43.4 Å². The summed E-state index contributed by atoms with van der Waals surface area (Å²) in [5.74, 6) is 1.65. The number of hydrogen-bond acceptors (Lipinski definition) is 5. The van der Waals surface area contributed by atoms with E-state index in [1.165, 1.54) is 6.33 Å². The van der Waals surface area contributed by atoms with Gasteiger partial charge in [-0.2, -0.15) is 19.7 Å². The lowest BCUT2D eigenvalue weighted by Crippen LogP contribution is -1.99. The molecule has 0 fully saturated rings. The molecule has 4 rings (SSSR count). The van der Waals surface area contributed by atoms with Crippen molar-refractivity contribution in [3.05, 3.63) is 55.1 Å². The quantitative estimate of drug-likeness (QED) is 0.579. The fourth-order valence-electron chi connectivity index (χ4n) is 2.19. The largest absolute Gasteiger partial charge is 0.435 e. The minimum Gasteiger partial charge on any atom is -0.435 e. The molecular weight excluding hydrogens is 280 g/mol. The van der Waals surface area contributed by atoms with Crippen molar-refractivity contribution in [2.75, 3.05) is 0 Å². The van der Waals surface area contributed by atoms with Crippen LogP contribution in [-0.2, 0) is 7.05 Å². The van der Waals surface area contributed by atoms with Gasteiger partial charge in [0.15, 0.2) is 5.75 Å². The summed E-state index contributed by atoms with van der Waals surface area (Å²) in [4.78, 5) is 8.65. The van der Waals surface area contributed by atoms with Gasteiger partial charge in [-0.1, -0.05) is 30.3 Å². The van der Waals surface area contributed by atoms with Crippen molar-refractivity contribution in [3.63, 3.8) is 0 Å². The van der Waals surface area contributed by atoms with Crippen molar-refractivity contribution in [1.82, 2.24) is 29.4 Å². The smallest absolute Gasteiger partial charge is 0.255 e. The Morgan fingerprint density at radius 2 is 1.95 bits per heavy atom. The molecule has 3 heterocycles. The van der Waals surface area contributed by atoms with Gasteiger partial charge >= 0.3 is 0 Å². The normalized spacial score (nSPS) is 11.0. The standard InChI is InChI=1S/C15H12N6O/c1-20-9-12(8-17-20)22-14-7-13(11-5-3-2-4-6-11)19-15-16-10-18-21(14)15/h2-10H,1H3. The maximum absolute atomic E-state index is 5.87. The van der Waals surface area contributed by atoms with E-state index in [4.69, 9.17) is 4.74 Å². The highest BCUT2D eigenvalue weighted by atomic mass is 16.5. The van der Waals surface area contributed by atoms with Gasteiger partial charge in [-0.15, -0.1) is 0 Å². The topological polar surface area (TPSA) is 70.1 Å². The maximum Gasteiger partial charge on any atom is 0.255 e. The van der Waals surface area contributed by atoms with Gasteiger partial charge in [0.2, 0.25) is 5.88 Å². The van der Waals surface area contributed by atoms with Crippen LogP contribution in [0.5, 0.6) is 11.6 Å². The monoisotopic (exact) mass is 292 g/mol. The number of benzene rings is 1. The summed E-state index contributed by atoms with van der Waals surface area (Å²) in [6.07, 6.45) is 4.88. The molecule has 0 atom stereocenters. The van der Waals surface area contributed by atoms with Gasteiger partial charge in [-0.05, 0) is 0 Å². The van der Waals surface area contributed by atoms with Crippen LogP contribution >= 0.6 is 0 Å². The van der Waals surface area contributed by atoms with E-state index < -0.39 is 0 Å². The fraction of sp³-hybridized carbons (Fsp3) is 0.0667. The van der Waals surface area contributed by atoms with Crippen molar-refractivity contribution in [3.8, 4) is 22.9 Å². The van der Waals surface area contributed by atoms with Gasteiger partial charge in [0, 0.05) is 18.7 Å². The number of fused-ring (bicyclic) bond motifs is 1. The van der Waals surface area contributed by atoms with Crippen LogP contribution in [0.1, 0.15) is 0 Å². The van der Waals surface area contributed by atoms with E-state index in [0.717, 1.165) is 11.3 Å². The second-order valence-electron chi connectivity index (χ2n) is 4.77. The summed E-state index contributed by atoms with van der Waals surface area (Å²) in [5.41, 5.74) is 1.77. The molecule has 0 saturated heterocycles. The number of rotatable bonds is 3. The molecule has 0 unspecified atom stereocenters. The Balaban J connectivity index is 1.84. The molecule has 0 N–H and O–H groups in total. The first-order chi connectivity index (χ1) is 10.8. The average molecular weight is 292 g/mol. The minimum absolute atomic E-state index is 0.486. The van der Waals surface area contributed by atoms with E-state index in [2.05, 4.69) is 20.2 Å². The second-order valence-corrected chi connectivity index (χ2v) is 4.77. The van der Waals surface area contributed by atoms with E-state index in [9.17, 15) is 0 Å². The van der Waals surface area contributed by atoms with Crippen molar-refractivity contribution < 1.29 is 4.74 Å². The third-order valence-electron chi connectivity index (χ3n) is 3.19. The second kappa shape index (κ2) is 4.96. The molecule has 1 aromatic carbocycles. The highest BCUT2D eigenvalue weighted by molar-refractivity contribution is 5.62. The Morgan fingerprint density at radius 1 is 1.09 bits per heavy atom. The zero-order valence-corrected chi connectivity index (χ0v) is 11.8. The number of aromatic nitrogens is 6. The molecule has 4 aromatic rings. The van der Waals surface area contributed by atoms with Gasteiger partial charge in [-0.3, -0.25) is 4.68 Å². The van der Waals surface area contributed by atoms with Crippen LogP contribution in [0.3, 0.4) is 0 Å². The fourth-order valence-corrected chi connectivity index (χ4v) is 2.19. The van der Waals surface area contributed by atoms with E-state index in [0.29, 0.717) is 17.4 Å². The van der Waals surface area contributed by atoms with Crippen LogP contribution in [0.15, 0.2) is 55.1 Å². The number of ether oxygens (including phenoxy) is 1. The zero-order chi connectivity index (χ0) is 14.9. The number of aryl methyl sites for hydroxylation is 1. The average Bonchev–Trinajstić information content (AvgIpc) is 3.17. The Kier molecular flexibility index (Phi) is 2.82. The summed E-state index contributed by atoms with van der Waals surface area (Å²) in [7, 11) is 1.83. The molecule has 0 bridgehead atoms.